The van der Waals surface area contributed by atoms with Crippen molar-refractivity contribution in [3.63, 3.8) is 0 Å². The second-order valence-electron chi connectivity index (χ2n) is 21.5. The zero-order valence-electron chi connectivity index (χ0n) is 44.3. The summed E-state index contributed by atoms with van der Waals surface area (Å²) >= 11 is 0. The summed E-state index contributed by atoms with van der Waals surface area (Å²) in [6, 6.07) is 10.5. The molecular formula is C55H64F10N8O6. The molecule has 0 aliphatic carbocycles. The SMILES string of the molecule is CC(=O)C[C@H](C(=O)NN(Cc1c(F)cc(C(N)=CC=NC(F)F)cc1F)C[C@H](O)[C@@H](CC(=O)[C@@H](NC(C)=O)C(C)(C)C(F)(F)F)Cc1ccc(C#Cc2ccc(N3CC4CCC(C3)N4C3COC3)nc2)cc1)C(C)(C)C(F)(F)F. The lowest BCUT2D eigenvalue weighted by atomic mass is 9.75. The van der Waals surface area contributed by atoms with Gasteiger partial charge in [0.15, 0.2) is 5.78 Å². The van der Waals surface area contributed by atoms with Gasteiger partial charge in [0.2, 0.25) is 11.8 Å². The number of aliphatic hydroxyl groups excluding tert-OH is 1. The molecule has 2 bridgehead atoms. The fourth-order valence-electron chi connectivity index (χ4n) is 10.00. The van der Waals surface area contributed by atoms with Crippen LogP contribution in [0.2, 0.25) is 0 Å². The number of rotatable bonds is 22. The highest BCUT2D eigenvalue weighted by molar-refractivity contribution is 5.89. The smallest absolute Gasteiger partial charge is 0.396 e. The molecular weight excluding hydrogens is 1060 g/mol. The first-order valence-electron chi connectivity index (χ1n) is 25.4. The molecule has 0 radical (unpaired) electrons. The number of aromatic nitrogens is 1. The van der Waals surface area contributed by atoms with Gasteiger partial charge in [-0.15, -0.1) is 0 Å². The molecule has 2 unspecified atom stereocenters. The molecule has 79 heavy (non-hydrogen) atoms. The Balaban J connectivity index is 1.30. The maximum Gasteiger partial charge on any atom is 0.396 e. The van der Waals surface area contributed by atoms with Gasteiger partial charge in [0, 0.05) is 98.4 Å². The Labute approximate surface area is 451 Å². The summed E-state index contributed by atoms with van der Waals surface area (Å²) in [5, 5.41) is 14.8. The van der Waals surface area contributed by atoms with Crippen LogP contribution >= 0.6 is 0 Å². The van der Waals surface area contributed by atoms with E-state index in [-0.39, 0.29) is 12.0 Å². The number of benzene rings is 2. The van der Waals surface area contributed by atoms with Crippen LogP contribution in [0.5, 0.6) is 0 Å². The highest BCUT2D eigenvalue weighted by Crippen LogP contribution is 2.46. The number of hydrogen-bond acceptors (Lipinski definition) is 12. The Morgan fingerprint density at radius 3 is 1.96 bits per heavy atom. The van der Waals surface area contributed by atoms with Crippen LogP contribution in [0.4, 0.5) is 49.7 Å². The number of carbonyl (C=O) groups is 4. The van der Waals surface area contributed by atoms with Crippen molar-refractivity contribution in [1.82, 2.24) is 25.6 Å². The number of ketones is 2. The molecule has 24 heteroatoms. The lowest BCUT2D eigenvalue weighted by Crippen LogP contribution is -2.62. The molecule has 4 heterocycles. The number of hydrazine groups is 1. The largest absolute Gasteiger partial charge is 0.398 e. The second-order valence-corrected chi connectivity index (χ2v) is 21.5. The quantitative estimate of drug-likeness (QED) is 0.0255. The van der Waals surface area contributed by atoms with Crippen LogP contribution in [0.3, 0.4) is 0 Å². The number of piperazine rings is 1. The van der Waals surface area contributed by atoms with Crippen LogP contribution in [-0.2, 0) is 36.9 Å². The number of nitrogens with two attached hydrogens (primary N) is 1. The fraction of sp³-hybridized carbons (Fsp3) is 0.527. The van der Waals surface area contributed by atoms with Crippen molar-refractivity contribution in [3.8, 4) is 11.8 Å². The first-order valence-corrected chi connectivity index (χ1v) is 25.4. The summed E-state index contributed by atoms with van der Waals surface area (Å²) in [5.41, 5.74) is 2.00. The fourth-order valence-corrected chi connectivity index (χ4v) is 10.00. The van der Waals surface area contributed by atoms with Crippen LogP contribution in [0.1, 0.15) is 95.0 Å². The number of Topliss-reactive ketones (excluding diaryl/α,β-unsaturated/α-hetero) is 2. The molecule has 14 nitrogen and oxygen atoms in total. The third kappa shape index (κ3) is 15.5. The van der Waals surface area contributed by atoms with Crippen molar-refractivity contribution in [2.24, 2.45) is 33.4 Å². The van der Waals surface area contributed by atoms with E-state index in [0.717, 1.165) is 64.9 Å². The summed E-state index contributed by atoms with van der Waals surface area (Å²) in [5.74, 6) is -3.99. The standard InChI is InChI=1S/C55H64F10N8O6/c1-31(74)19-42(52(3,4)54(60,61)62)50(78)70-72(27-41-43(56)21-36(22-44(41)57)45(66)17-18-67-51(58)59)28-47(77)37(23-46(76)49(69-32(2)75)53(5,6)55(63,64)65)20-34-10-7-33(8-11-34)9-12-35-13-16-48(68-24-35)71-25-38-14-15-39(26-71)73(38)40-29-79-30-40/h7-8,10-11,13,16-18,21-22,24,37-40,42,47,49,51,77H,14-15,19-20,23,25-30,66H2,1-6H3,(H,69,75)(H,70,78)/t37-,38?,39?,42-,47+,49-/m1/s1. The number of allylic oxidation sites excluding steroid dienone is 1. The molecule has 3 aromatic rings. The van der Waals surface area contributed by atoms with Crippen LogP contribution < -0.4 is 21.4 Å². The summed E-state index contributed by atoms with van der Waals surface area (Å²) in [6.07, 6.45) is -9.02. The summed E-state index contributed by atoms with van der Waals surface area (Å²) in [6.45, 7) is 2.55. The summed E-state index contributed by atoms with van der Waals surface area (Å²) in [7, 11) is 0. The topological polar surface area (TPSA) is 183 Å². The predicted octanol–water partition coefficient (Wildman–Crippen LogP) is 7.69. The highest BCUT2D eigenvalue weighted by atomic mass is 19.4. The number of anilines is 1. The van der Waals surface area contributed by atoms with Crippen molar-refractivity contribution in [1.29, 1.82) is 0 Å². The number of aliphatic hydroxyl groups is 1. The molecule has 5 N–H and O–H groups in total. The van der Waals surface area contributed by atoms with Crippen LogP contribution in [0.15, 0.2) is 65.8 Å². The third-order valence-electron chi connectivity index (χ3n) is 14.9. The number of nitrogens with one attached hydrogen (secondary N) is 2. The van der Waals surface area contributed by atoms with Gasteiger partial charge in [-0.2, -0.15) is 35.1 Å². The van der Waals surface area contributed by atoms with E-state index in [0.29, 0.717) is 85.9 Å². The minimum absolute atomic E-state index is 0.316. The molecule has 3 fully saturated rings. The average Bonchev–Trinajstić information content (AvgIpc) is 3.64. The van der Waals surface area contributed by atoms with Gasteiger partial charge in [0.05, 0.1) is 42.1 Å². The summed E-state index contributed by atoms with van der Waals surface area (Å²) in [4.78, 5) is 65.0. The van der Waals surface area contributed by atoms with Gasteiger partial charge in [0.25, 0.3) is 0 Å². The lowest BCUT2D eigenvalue weighted by Gasteiger charge is -2.47. The Hall–Kier alpha value is -6.42. The minimum Gasteiger partial charge on any atom is -0.398 e. The van der Waals surface area contributed by atoms with E-state index in [4.69, 9.17) is 10.5 Å². The third-order valence-corrected chi connectivity index (χ3v) is 14.9. The Kier molecular flexibility index (Phi) is 19.8. The predicted molar refractivity (Wildman–Crippen MR) is 273 cm³/mol. The van der Waals surface area contributed by atoms with Gasteiger partial charge >= 0.3 is 18.9 Å². The molecule has 3 aliphatic rings. The molecule has 430 valence electrons. The van der Waals surface area contributed by atoms with Crippen LogP contribution in [0, 0.1) is 46.1 Å². The van der Waals surface area contributed by atoms with E-state index >= 15 is 8.78 Å². The van der Waals surface area contributed by atoms with Crippen LogP contribution in [-0.4, -0.2) is 132 Å². The molecule has 0 spiro atoms. The van der Waals surface area contributed by atoms with Gasteiger partial charge in [0.1, 0.15) is 29.3 Å². The molecule has 3 aliphatic heterocycles. The van der Waals surface area contributed by atoms with E-state index in [9.17, 15) is 59.4 Å². The average molecular weight is 1120 g/mol. The number of nitrogens with zero attached hydrogens (tertiary/aromatic N) is 5. The molecule has 3 saturated heterocycles. The first kappa shape index (κ1) is 61.8. The molecule has 6 atom stereocenters. The Morgan fingerprint density at radius 1 is 0.873 bits per heavy atom. The minimum atomic E-state index is -5.10. The van der Waals surface area contributed by atoms with Crippen molar-refractivity contribution < 1.29 is 72.9 Å². The number of amides is 2. The maximum atomic E-state index is 15.9. The van der Waals surface area contributed by atoms with Gasteiger partial charge in [-0.05, 0) is 94.0 Å². The van der Waals surface area contributed by atoms with Gasteiger partial charge in [-0.3, -0.25) is 24.7 Å². The van der Waals surface area contributed by atoms with Gasteiger partial charge in [-0.1, -0.05) is 37.8 Å². The van der Waals surface area contributed by atoms with Crippen molar-refractivity contribution in [2.75, 3.05) is 37.7 Å². The van der Waals surface area contributed by atoms with Crippen molar-refractivity contribution >= 4 is 41.1 Å². The Morgan fingerprint density at radius 2 is 1.46 bits per heavy atom. The van der Waals surface area contributed by atoms with E-state index in [2.05, 4.69) is 42.4 Å². The monoisotopic (exact) mass is 1120 g/mol. The normalized spacial score (nSPS) is 19.2. The zero-order chi connectivity index (χ0) is 58.4. The number of carbonyl (C=O) groups excluding carboxylic acids is 4. The maximum absolute atomic E-state index is 15.9. The number of ether oxygens (including phenoxy) is 1. The van der Waals surface area contributed by atoms with Crippen molar-refractivity contribution in [2.45, 2.75) is 129 Å². The molecule has 6 rings (SSSR count). The second kappa shape index (κ2) is 25.4. The molecule has 2 amide bonds. The lowest BCUT2D eigenvalue weighted by molar-refractivity contribution is -0.230. The van der Waals surface area contributed by atoms with E-state index < -0.39 is 126 Å². The van der Waals surface area contributed by atoms with Crippen molar-refractivity contribution in [3.05, 3.63) is 100 Å². The van der Waals surface area contributed by atoms with Gasteiger partial charge in [-0.25, -0.2) is 23.8 Å². The summed E-state index contributed by atoms with van der Waals surface area (Å²) < 4.78 is 149. The number of hydrogen-bond donors (Lipinski definition) is 4. The Bertz CT molecular complexity index is 2760. The molecule has 0 saturated carbocycles. The molecule has 2 aromatic carbocycles. The number of halogens is 10. The molecule has 1 aromatic heterocycles. The number of fused-ring (bicyclic) bond motifs is 2. The number of pyridine rings is 1. The zero-order valence-corrected chi connectivity index (χ0v) is 44.3. The number of aliphatic imine (C=N–C) groups is 1. The van der Waals surface area contributed by atoms with E-state index in [1.807, 2.05) is 12.1 Å². The van der Waals surface area contributed by atoms with Gasteiger partial charge < -0.3 is 30.6 Å². The first-order chi connectivity index (χ1) is 36.9. The van der Waals surface area contributed by atoms with E-state index in [1.165, 1.54) is 0 Å². The van der Waals surface area contributed by atoms with Crippen LogP contribution in [0.25, 0.3) is 5.70 Å². The highest BCUT2D eigenvalue weighted by Gasteiger charge is 2.56. The van der Waals surface area contributed by atoms with E-state index in [1.54, 1.807) is 30.5 Å². The number of alkyl halides is 8.